The molecule has 5 heteroatoms. The number of hydrogen-bond acceptors (Lipinski definition) is 4. The van der Waals surface area contributed by atoms with Crippen molar-refractivity contribution in [3.63, 3.8) is 0 Å². The van der Waals surface area contributed by atoms with Gasteiger partial charge in [0.25, 0.3) is 0 Å². The Morgan fingerprint density at radius 2 is 2.23 bits per heavy atom. The lowest BCUT2D eigenvalue weighted by molar-refractivity contribution is -0.111. The fourth-order valence-electron chi connectivity index (χ4n) is 1.98. The molecule has 1 amide bonds. The lowest BCUT2D eigenvalue weighted by Gasteiger charge is -2.04. The lowest BCUT2D eigenvalue weighted by Crippen LogP contribution is -2.07. The molecule has 3 aromatic rings. The summed E-state index contributed by atoms with van der Waals surface area (Å²) in [6.07, 6.45) is 4.64. The zero-order valence-electron chi connectivity index (χ0n) is 11.9. The number of benzene rings is 1. The van der Waals surface area contributed by atoms with Crippen LogP contribution in [0.4, 0.5) is 5.69 Å². The molecule has 0 aliphatic heterocycles. The van der Waals surface area contributed by atoms with Crippen molar-refractivity contribution in [2.75, 3.05) is 5.32 Å². The van der Waals surface area contributed by atoms with Gasteiger partial charge in [-0.15, -0.1) is 11.3 Å². The van der Waals surface area contributed by atoms with Crippen LogP contribution in [0.15, 0.2) is 58.5 Å². The molecule has 0 atom stereocenters. The summed E-state index contributed by atoms with van der Waals surface area (Å²) < 4.78 is 5.14. The molecule has 0 bridgehead atoms. The number of aromatic nitrogens is 1. The van der Waals surface area contributed by atoms with Gasteiger partial charge in [-0.2, -0.15) is 0 Å². The lowest BCUT2D eigenvalue weighted by atomic mass is 10.1. The number of rotatable bonds is 4. The Morgan fingerprint density at radius 3 is 2.95 bits per heavy atom. The van der Waals surface area contributed by atoms with Crippen molar-refractivity contribution in [3.8, 4) is 11.3 Å². The maximum Gasteiger partial charge on any atom is 0.248 e. The minimum atomic E-state index is -0.206. The van der Waals surface area contributed by atoms with Crippen LogP contribution in [-0.4, -0.2) is 10.9 Å². The molecule has 0 aliphatic carbocycles. The molecule has 3 rings (SSSR count). The van der Waals surface area contributed by atoms with Crippen molar-refractivity contribution in [1.29, 1.82) is 0 Å². The summed E-state index contributed by atoms with van der Waals surface area (Å²) in [4.78, 5) is 16.4. The third kappa shape index (κ3) is 3.51. The van der Waals surface area contributed by atoms with E-state index >= 15 is 0 Å². The maximum absolute atomic E-state index is 11.9. The molecular formula is C17H14N2O2S. The van der Waals surface area contributed by atoms with Gasteiger partial charge in [0.05, 0.1) is 17.0 Å². The molecule has 110 valence electrons. The van der Waals surface area contributed by atoms with Crippen LogP contribution in [0, 0.1) is 6.92 Å². The van der Waals surface area contributed by atoms with Crippen LogP contribution >= 0.6 is 11.3 Å². The van der Waals surface area contributed by atoms with Gasteiger partial charge in [-0.25, -0.2) is 4.98 Å². The summed E-state index contributed by atoms with van der Waals surface area (Å²) in [6.45, 7) is 1.97. The van der Waals surface area contributed by atoms with Crippen molar-refractivity contribution in [2.45, 2.75) is 6.92 Å². The minimum Gasteiger partial charge on any atom is -0.465 e. The molecule has 0 saturated heterocycles. The van der Waals surface area contributed by atoms with Crippen molar-refractivity contribution in [3.05, 3.63) is 64.9 Å². The summed E-state index contributed by atoms with van der Waals surface area (Å²) in [5.41, 5.74) is 2.64. The molecule has 0 saturated carbocycles. The van der Waals surface area contributed by atoms with Gasteiger partial charge in [0.2, 0.25) is 5.91 Å². The molecular weight excluding hydrogens is 296 g/mol. The fourth-order valence-corrected chi connectivity index (χ4v) is 2.60. The monoisotopic (exact) mass is 310 g/mol. The molecule has 2 aromatic heterocycles. The second-order valence-electron chi connectivity index (χ2n) is 4.67. The number of furan rings is 1. The number of anilines is 1. The van der Waals surface area contributed by atoms with E-state index < -0.39 is 0 Å². The van der Waals surface area contributed by atoms with Crippen molar-refractivity contribution in [2.24, 2.45) is 0 Å². The van der Waals surface area contributed by atoms with Gasteiger partial charge < -0.3 is 9.73 Å². The van der Waals surface area contributed by atoms with Crippen LogP contribution < -0.4 is 5.32 Å². The number of amides is 1. The Labute approximate surface area is 132 Å². The van der Waals surface area contributed by atoms with Crippen LogP contribution in [0.3, 0.4) is 0 Å². The Hall–Kier alpha value is -2.66. The first-order chi connectivity index (χ1) is 10.7. The summed E-state index contributed by atoms with van der Waals surface area (Å²) in [5, 5.41) is 5.86. The average Bonchev–Trinajstić information content (AvgIpc) is 3.17. The van der Waals surface area contributed by atoms with Gasteiger partial charge >= 0.3 is 0 Å². The zero-order valence-corrected chi connectivity index (χ0v) is 12.8. The second-order valence-corrected chi connectivity index (χ2v) is 5.73. The Kier molecular flexibility index (Phi) is 4.16. The topological polar surface area (TPSA) is 55.1 Å². The smallest absolute Gasteiger partial charge is 0.248 e. The van der Waals surface area contributed by atoms with E-state index in [0.717, 1.165) is 22.0 Å². The first kappa shape index (κ1) is 14.3. The molecule has 0 spiro atoms. The summed E-state index contributed by atoms with van der Waals surface area (Å²) in [5.74, 6) is 0.435. The Balaban J connectivity index is 1.71. The fraction of sp³-hybridized carbons (Fsp3) is 0.0588. The normalized spacial score (nSPS) is 11.0. The molecule has 0 aliphatic rings. The summed E-state index contributed by atoms with van der Waals surface area (Å²) in [7, 11) is 0. The number of nitrogens with zero attached hydrogens (tertiary/aromatic N) is 1. The van der Waals surface area contributed by atoms with E-state index in [-0.39, 0.29) is 5.91 Å². The highest BCUT2D eigenvalue weighted by Gasteiger charge is 2.04. The Bertz CT molecular complexity index is 804. The van der Waals surface area contributed by atoms with Crippen LogP contribution in [-0.2, 0) is 4.79 Å². The maximum atomic E-state index is 11.9. The van der Waals surface area contributed by atoms with E-state index in [1.165, 1.54) is 6.08 Å². The largest absolute Gasteiger partial charge is 0.465 e. The highest BCUT2D eigenvalue weighted by Crippen LogP contribution is 2.24. The van der Waals surface area contributed by atoms with Crippen LogP contribution in [0.25, 0.3) is 17.3 Å². The molecule has 1 N–H and O–H groups in total. The number of carbonyl (C=O) groups excluding carboxylic acids is 1. The molecule has 0 radical (unpaired) electrons. The molecule has 22 heavy (non-hydrogen) atoms. The van der Waals surface area contributed by atoms with Crippen LogP contribution in [0.2, 0.25) is 0 Å². The minimum absolute atomic E-state index is 0.206. The number of nitrogens with one attached hydrogen (secondary N) is 1. The molecule has 2 heterocycles. The third-order valence-corrected chi connectivity index (χ3v) is 3.76. The third-order valence-electron chi connectivity index (χ3n) is 2.99. The van der Waals surface area contributed by atoms with Crippen LogP contribution in [0.1, 0.15) is 10.8 Å². The molecule has 0 unspecified atom stereocenters. The van der Waals surface area contributed by atoms with Gasteiger partial charge in [0.15, 0.2) is 0 Å². The number of thiazole rings is 1. The standard InChI is InChI=1S/C17H14N2O2S/c1-12-18-16(11-22-12)13-4-2-5-14(10-13)19-17(20)8-7-15-6-3-9-21-15/h2-11H,1H3,(H,19,20)/b8-7+. The van der Waals surface area contributed by atoms with Crippen molar-refractivity contribution in [1.82, 2.24) is 4.98 Å². The number of aryl methyl sites for hydroxylation is 1. The predicted octanol–water partition coefficient (Wildman–Crippen LogP) is 4.36. The van der Waals surface area contributed by atoms with Crippen molar-refractivity contribution >= 4 is 29.0 Å². The van der Waals surface area contributed by atoms with E-state index in [0.29, 0.717) is 5.76 Å². The molecule has 0 fully saturated rings. The van der Waals surface area contributed by atoms with Crippen molar-refractivity contribution < 1.29 is 9.21 Å². The quantitative estimate of drug-likeness (QED) is 0.728. The van der Waals surface area contributed by atoms with E-state index in [9.17, 15) is 4.79 Å². The van der Waals surface area contributed by atoms with Gasteiger partial charge in [-0.05, 0) is 37.3 Å². The molecule has 1 aromatic carbocycles. The SMILES string of the molecule is Cc1nc(-c2cccc(NC(=O)/C=C/c3ccco3)c2)cs1. The summed E-state index contributed by atoms with van der Waals surface area (Å²) in [6, 6.07) is 11.2. The number of hydrogen-bond donors (Lipinski definition) is 1. The van der Waals surface area contributed by atoms with Crippen LogP contribution in [0.5, 0.6) is 0 Å². The first-order valence-corrected chi connectivity index (χ1v) is 7.64. The van der Waals surface area contributed by atoms with E-state index in [1.807, 2.05) is 36.6 Å². The number of carbonyl (C=O) groups is 1. The zero-order chi connectivity index (χ0) is 15.4. The highest BCUT2D eigenvalue weighted by atomic mass is 32.1. The Morgan fingerprint density at radius 1 is 1.32 bits per heavy atom. The van der Waals surface area contributed by atoms with E-state index in [1.54, 1.807) is 35.8 Å². The van der Waals surface area contributed by atoms with Gasteiger partial charge in [0, 0.05) is 22.7 Å². The van der Waals surface area contributed by atoms with E-state index in [2.05, 4.69) is 10.3 Å². The highest BCUT2D eigenvalue weighted by molar-refractivity contribution is 7.09. The average molecular weight is 310 g/mol. The van der Waals surface area contributed by atoms with Gasteiger partial charge in [0.1, 0.15) is 5.76 Å². The van der Waals surface area contributed by atoms with Gasteiger partial charge in [-0.3, -0.25) is 4.79 Å². The summed E-state index contributed by atoms with van der Waals surface area (Å²) >= 11 is 1.61. The predicted molar refractivity (Wildman–Crippen MR) is 88.7 cm³/mol. The second kappa shape index (κ2) is 6.41. The van der Waals surface area contributed by atoms with E-state index in [4.69, 9.17) is 4.42 Å². The van der Waals surface area contributed by atoms with Gasteiger partial charge in [-0.1, -0.05) is 12.1 Å². The first-order valence-electron chi connectivity index (χ1n) is 6.76. The molecule has 4 nitrogen and oxygen atoms in total.